The zero-order valence-corrected chi connectivity index (χ0v) is 9.81. The number of hydrogen-bond acceptors (Lipinski definition) is 3. The summed E-state index contributed by atoms with van der Waals surface area (Å²) in [4.78, 5) is 24.0. The number of carboxylic acids is 1. The molecule has 1 heterocycles. The van der Waals surface area contributed by atoms with Crippen LogP contribution in [0.15, 0.2) is 0 Å². The number of amides is 1. The number of aliphatic carboxylic acids is 1. The summed E-state index contributed by atoms with van der Waals surface area (Å²) in [7, 11) is 0. The predicted molar refractivity (Wildman–Crippen MR) is 58.0 cm³/mol. The van der Waals surface area contributed by atoms with Gasteiger partial charge < -0.3 is 14.7 Å². The fourth-order valence-corrected chi connectivity index (χ4v) is 2.22. The molecule has 0 radical (unpaired) electrons. The standard InChI is InChI=1S/C11H19NO4/c1-3-12(8(2)13)10(11(14)15)9-5-4-6-16-7-9/h9-10H,3-7H2,1-2H3,(H,14,15). The van der Waals surface area contributed by atoms with Crippen molar-refractivity contribution < 1.29 is 19.4 Å². The van der Waals surface area contributed by atoms with Gasteiger partial charge >= 0.3 is 5.97 Å². The van der Waals surface area contributed by atoms with E-state index in [0.717, 1.165) is 12.8 Å². The summed E-state index contributed by atoms with van der Waals surface area (Å²) >= 11 is 0. The zero-order valence-electron chi connectivity index (χ0n) is 9.81. The van der Waals surface area contributed by atoms with Crippen molar-refractivity contribution in [2.45, 2.75) is 32.7 Å². The summed E-state index contributed by atoms with van der Waals surface area (Å²) in [6, 6.07) is -0.747. The van der Waals surface area contributed by atoms with Crippen molar-refractivity contribution in [3.8, 4) is 0 Å². The summed E-state index contributed by atoms with van der Waals surface area (Å²) in [5.74, 6) is -1.22. The molecule has 2 atom stereocenters. The highest BCUT2D eigenvalue weighted by Gasteiger charge is 2.35. The summed E-state index contributed by atoms with van der Waals surface area (Å²) in [5, 5.41) is 9.23. The molecule has 1 fully saturated rings. The average molecular weight is 229 g/mol. The van der Waals surface area contributed by atoms with Crippen molar-refractivity contribution in [3.05, 3.63) is 0 Å². The van der Waals surface area contributed by atoms with Gasteiger partial charge in [0.1, 0.15) is 6.04 Å². The monoisotopic (exact) mass is 229 g/mol. The number of hydrogen-bond donors (Lipinski definition) is 1. The largest absolute Gasteiger partial charge is 0.480 e. The number of nitrogens with zero attached hydrogens (tertiary/aromatic N) is 1. The average Bonchev–Trinajstić information content (AvgIpc) is 2.25. The molecule has 1 aliphatic rings. The molecule has 0 spiro atoms. The topological polar surface area (TPSA) is 66.8 Å². The lowest BCUT2D eigenvalue weighted by atomic mass is 9.92. The Kier molecular flexibility index (Phi) is 4.73. The second-order valence-electron chi connectivity index (χ2n) is 4.07. The molecule has 1 aliphatic heterocycles. The van der Waals surface area contributed by atoms with Crippen molar-refractivity contribution in [2.24, 2.45) is 5.92 Å². The third kappa shape index (κ3) is 2.95. The van der Waals surface area contributed by atoms with Crippen molar-refractivity contribution in [2.75, 3.05) is 19.8 Å². The van der Waals surface area contributed by atoms with Gasteiger partial charge in [-0.2, -0.15) is 0 Å². The molecule has 1 saturated heterocycles. The fraction of sp³-hybridized carbons (Fsp3) is 0.818. The molecule has 2 unspecified atom stereocenters. The van der Waals surface area contributed by atoms with Gasteiger partial charge in [0.05, 0.1) is 6.61 Å². The number of rotatable bonds is 4. The highest BCUT2D eigenvalue weighted by atomic mass is 16.5. The van der Waals surface area contributed by atoms with Gasteiger partial charge in [-0.1, -0.05) is 0 Å². The van der Waals surface area contributed by atoms with Gasteiger partial charge in [0.2, 0.25) is 5.91 Å². The first-order valence-electron chi connectivity index (χ1n) is 5.65. The Hall–Kier alpha value is -1.10. The lowest BCUT2D eigenvalue weighted by Gasteiger charge is -2.34. The van der Waals surface area contributed by atoms with E-state index in [1.807, 2.05) is 0 Å². The van der Waals surface area contributed by atoms with Gasteiger partial charge in [-0.25, -0.2) is 4.79 Å². The highest BCUT2D eigenvalue weighted by molar-refractivity contribution is 5.82. The summed E-state index contributed by atoms with van der Waals surface area (Å²) in [6.45, 7) is 4.74. The maximum Gasteiger partial charge on any atom is 0.326 e. The van der Waals surface area contributed by atoms with Gasteiger partial charge in [-0.15, -0.1) is 0 Å². The van der Waals surface area contributed by atoms with Crippen LogP contribution in [0.3, 0.4) is 0 Å². The van der Waals surface area contributed by atoms with Crippen LogP contribution in [0.5, 0.6) is 0 Å². The second-order valence-corrected chi connectivity index (χ2v) is 4.07. The quantitative estimate of drug-likeness (QED) is 0.772. The Morgan fingerprint density at radius 3 is 2.62 bits per heavy atom. The van der Waals surface area contributed by atoms with Crippen LogP contribution in [0.4, 0.5) is 0 Å². The van der Waals surface area contributed by atoms with E-state index in [1.54, 1.807) is 6.92 Å². The first kappa shape index (κ1) is 13.0. The zero-order chi connectivity index (χ0) is 12.1. The van der Waals surface area contributed by atoms with E-state index >= 15 is 0 Å². The lowest BCUT2D eigenvalue weighted by molar-refractivity contribution is -0.154. The van der Waals surface area contributed by atoms with E-state index in [1.165, 1.54) is 11.8 Å². The Morgan fingerprint density at radius 2 is 2.25 bits per heavy atom. The van der Waals surface area contributed by atoms with Crippen LogP contribution in [-0.4, -0.2) is 47.7 Å². The van der Waals surface area contributed by atoms with E-state index in [2.05, 4.69) is 0 Å². The first-order valence-corrected chi connectivity index (χ1v) is 5.65. The minimum Gasteiger partial charge on any atom is -0.480 e. The van der Waals surface area contributed by atoms with Crippen LogP contribution in [0, 0.1) is 5.92 Å². The van der Waals surface area contributed by atoms with Crippen LogP contribution in [0.2, 0.25) is 0 Å². The molecule has 0 aromatic carbocycles. The van der Waals surface area contributed by atoms with Gasteiger partial charge in [0, 0.05) is 26.0 Å². The second kappa shape index (κ2) is 5.84. The Balaban J connectivity index is 2.79. The fourth-order valence-electron chi connectivity index (χ4n) is 2.22. The predicted octanol–water partition coefficient (Wildman–Crippen LogP) is 0.735. The van der Waals surface area contributed by atoms with E-state index in [0.29, 0.717) is 19.8 Å². The maximum atomic E-state index is 11.4. The van der Waals surface area contributed by atoms with Crippen LogP contribution in [0.25, 0.3) is 0 Å². The molecule has 5 heteroatoms. The molecular weight excluding hydrogens is 210 g/mol. The third-order valence-electron chi connectivity index (χ3n) is 2.98. The Morgan fingerprint density at radius 1 is 1.56 bits per heavy atom. The molecule has 0 aromatic rings. The van der Waals surface area contributed by atoms with E-state index in [4.69, 9.17) is 4.74 Å². The molecule has 0 aliphatic carbocycles. The number of carbonyl (C=O) groups is 2. The van der Waals surface area contributed by atoms with Gasteiger partial charge in [-0.05, 0) is 19.8 Å². The smallest absolute Gasteiger partial charge is 0.326 e. The number of carboxylic acid groups (broad SMARTS) is 1. The minimum atomic E-state index is -0.937. The van der Waals surface area contributed by atoms with Gasteiger partial charge in [0.15, 0.2) is 0 Å². The molecule has 5 nitrogen and oxygen atoms in total. The number of carbonyl (C=O) groups excluding carboxylic acids is 1. The normalized spacial score (nSPS) is 22.5. The molecule has 0 bridgehead atoms. The third-order valence-corrected chi connectivity index (χ3v) is 2.98. The number of ether oxygens (including phenoxy) is 1. The Bertz CT molecular complexity index is 261. The maximum absolute atomic E-state index is 11.4. The van der Waals surface area contributed by atoms with Gasteiger partial charge in [0.25, 0.3) is 0 Å². The van der Waals surface area contributed by atoms with Crippen LogP contribution in [-0.2, 0) is 14.3 Å². The van der Waals surface area contributed by atoms with Gasteiger partial charge in [-0.3, -0.25) is 4.79 Å². The van der Waals surface area contributed by atoms with E-state index in [-0.39, 0.29) is 11.8 Å². The van der Waals surface area contributed by atoms with E-state index < -0.39 is 12.0 Å². The van der Waals surface area contributed by atoms with Crippen molar-refractivity contribution >= 4 is 11.9 Å². The number of likely N-dealkylation sites (N-methyl/N-ethyl adjacent to an activating group) is 1. The lowest BCUT2D eigenvalue weighted by Crippen LogP contribution is -2.50. The summed E-state index contributed by atoms with van der Waals surface area (Å²) in [5.41, 5.74) is 0. The molecule has 1 N–H and O–H groups in total. The SMILES string of the molecule is CCN(C(C)=O)C(C(=O)O)C1CCCOC1. The van der Waals surface area contributed by atoms with Crippen molar-refractivity contribution in [3.63, 3.8) is 0 Å². The molecule has 16 heavy (non-hydrogen) atoms. The van der Waals surface area contributed by atoms with Crippen LogP contribution in [0.1, 0.15) is 26.7 Å². The van der Waals surface area contributed by atoms with Crippen LogP contribution >= 0.6 is 0 Å². The van der Waals surface area contributed by atoms with Crippen LogP contribution < -0.4 is 0 Å². The minimum absolute atomic E-state index is 0.0879. The summed E-state index contributed by atoms with van der Waals surface area (Å²) in [6.07, 6.45) is 1.67. The molecule has 92 valence electrons. The van der Waals surface area contributed by atoms with E-state index in [9.17, 15) is 14.7 Å². The molecular formula is C11H19NO4. The molecule has 1 amide bonds. The highest BCUT2D eigenvalue weighted by Crippen LogP contribution is 2.22. The molecule has 0 aromatic heterocycles. The summed E-state index contributed by atoms with van der Waals surface area (Å²) < 4.78 is 5.29. The molecule has 0 saturated carbocycles. The van der Waals surface area contributed by atoms with Crippen molar-refractivity contribution in [1.29, 1.82) is 0 Å². The van der Waals surface area contributed by atoms with Crippen molar-refractivity contribution in [1.82, 2.24) is 4.90 Å². The Labute approximate surface area is 95.4 Å². The first-order chi connectivity index (χ1) is 7.57. The molecule has 1 rings (SSSR count).